The van der Waals surface area contributed by atoms with E-state index in [0.29, 0.717) is 25.0 Å². The molecule has 1 heterocycles. The Morgan fingerprint density at radius 1 is 1.08 bits per heavy atom. The van der Waals surface area contributed by atoms with Crippen LogP contribution in [0.15, 0.2) is 65.8 Å². The molecule has 5 nitrogen and oxygen atoms in total. The Morgan fingerprint density at radius 3 is 2.36 bits per heavy atom. The van der Waals surface area contributed by atoms with Gasteiger partial charge in [0.15, 0.2) is 0 Å². The van der Waals surface area contributed by atoms with Gasteiger partial charge in [0.2, 0.25) is 5.91 Å². The van der Waals surface area contributed by atoms with Crippen LogP contribution in [0.5, 0.6) is 0 Å². The number of rotatable bonds is 5. The third-order valence-corrected chi connectivity index (χ3v) is 4.26. The summed E-state index contributed by atoms with van der Waals surface area (Å²) in [5.74, 6) is -0.287. The van der Waals surface area contributed by atoms with Gasteiger partial charge in [0.1, 0.15) is 5.71 Å². The lowest BCUT2D eigenvalue weighted by Crippen LogP contribution is -2.39. The van der Waals surface area contributed by atoms with Crippen molar-refractivity contribution in [1.82, 2.24) is 10.3 Å². The molecule has 0 saturated carbocycles. The van der Waals surface area contributed by atoms with E-state index in [2.05, 4.69) is 10.4 Å². The van der Waals surface area contributed by atoms with Crippen molar-refractivity contribution in [2.45, 2.75) is 25.3 Å². The molecule has 25 heavy (non-hydrogen) atoms. The van der Waals surface area contributed by atoms with Crippen LogP contribution in [-0.2, 0) is 16.0 Å². The first-order chi connectivity index (χ1) is 12.1. The molecule has 1 aliphatic rings. The van der Waals surface area contributed by atoms with Gasteiger partial charge in [-0.25, -0.2) is 5.01 Å². The number of hydrazone groups is 1. The molecule has 0 radical (unpaired) electrons. The van der Waals surface area contributed by atoms with Gasteiger partial charge in [0.25, 0.3) is 5.91 Å². The highest BCUT2D eigenvalue weighted by atomic mass is 16.2. The second kappa shape index (κ2) is 7.75. The molecule has 0 fully saturated rings. The Bertz CT molecular complexity index is 772. The lowest BCUT2D eigenvalue weighted by molar-refractivity contribution is -0.130. The Labute approximate surface area is 147 Å². The van der Waals surface area contributed by atoms with Crippen molar-refractivity contribution >= 4 is 17.5 Å². The molecule has 1 N–H and O–H groups in total. The summed E-state index contributed by atoms with van der Waals surface area (Å²) >= 11 is 0. The summed E-state index contributed by atoms with van der Waals surface area (Å²) in [7, 11) is 1.58. The molecule has 3 rings (SSSR count). The molecule has 5 heteroatoms. The number of nitrogens with zero attached hydrogens (tertiary/aromatic N) is 2. The van der Waals surface area contributed by atoms with Gasteiger partial charge in [-0.1, -0.05) is 60.7 Å². The number of benzene rings is 2. The summed E-state index contributed by atoms with van der Waals surface area (Å²) in [4.78, 5) is 24.2. The third-order valence-electron chi connectivity index (χ3n) is 4.26. The topological polar surface area (TPSA) is 61.8 Å². The highest BCUT2D eigenvalue weighted by Gasteiger charge is 2.24. The second-order valence-corrected chi connectivity index (χ2v) is 6.09. The van der Waals surface area contributed by atoms with Gasteiger partial charge in [0, 0.05) is 19.9 Å². The van der Waals surface area contributed by atoms with Crippen molar-refractivity contribution in [2.24, 2.45) is 5.10 Å². The van der Waals surface area contributed by atoms with E-state index in [9.17, 15) is 9.59 Å². The van der Waals surface area contributed by atoms with Gasteiger partial charge < -0.3 is 5.32 Å². The van der Waals surface area contributed by atoms with E-state index in [1.54, 1.807) is 7.05 Å². The van der Waals surface area contributed by atoms with E-state index in [1.807, 2.05) is 60.7 Å². The molecule has 128 valence electrons. The number of hydrogen-bond donors (Lipinski definition) is 1. The van der Waals surface area contributed by atoms with Crippen LogP contribution >= 0.6 is 0 Å². The van der Waals surface area contributed by atoms with Crippen LogP contribution < -0.4 is 5.32 Å². The van der Waals surface area contributed by atoms with Crippen molar-refractivity contribution in [2.75, 3.05) is 7.05 Å². The minimum atomic E-state index is -0.218. The van der Waals surface area contributed by atoms with E-state index in [-0.39, 0.29) is 17.9 Å². The number of hydrogen-bond acceptors (Lipinski definition) is 3. The normalized spacial score (nSPS) is 15.5. The summed E-state index contributed by atoms with van der Waals surface area (Å²) in [5.41, 5.74) is 2.59. The summed E-state index contributed by atoms with van der Waals surface area (Å²) in [6, 6.07) is 19.8. The van der Waals surface area contributed by atoms with Gasteiger partial charge in [-0.3, -0.25) is 9.59 Å². The van der Waals surface area contributed by atoms with E-state index in [4.69, 9.17) is 0 Å². The summed E-state index contributed by atoms with van der Waals surface area (Å²) < 4.78 is 0. The molecular formula is C20H21N3O2. The first kappa shape index (κ1) is 16.9. The van der Waals surface area contributed by atoms with E-state index in [0.717, 1.165) is 11.1 Å². The Balaban J connectivity index is 1.79. The highest BCUT2D eigenvalue weighted by molar-refractivity contribution is 6.39. The van der Waals surface area contributed by atoms with Gasteiger partial charge in [-0.05, 0) is 17.5 Å². The molecular weight excluding hydrogens is 314 g/mol. The monoisotopic (exact) mass is 335 g/mol. The first-order valence-corrected chi connectivity index (χ1v) is 8.37. The minimum absolute atomic E-state index is 0.0690. The summed E-state index contributed by atoms with van der Waals surface area (Å²) in [6.45, 7) is 0. The highest BCUT2D eigenvalue weighted by Crippen LogP contribution is 2.19. The Kier molecular flexibility index (Phi) is 5.23. The van der Waals surface area contributed by atoms with Crippen LogP contribution in [0.25, 0.3) is 0 Å². The standard InChI is InChI=1S/C20H21N3O2/c1-23-19(24)13-12-17(22-23)20(25)21-18(16-10-6-3-7-11-16)14-15-8-4-2-5-9-15/h2-11,18H,12-14H2,1H3,(H,21,25)/t18-/m1/s1. The third kappa shape index (κ3) is 4.32. The van der Waals surface area contributed by atoms with E-state index >= 15 is 0 Å². The van der Waals surface area contributed by atoms with Gasteiger partial charge in [-0.2, -0.15) is 5.10 Å². The maximum absolute atomic E-state index is 12.6. The molecule has 2 aromatic carbocycles. The van der Waals surface area contributed by atoms with Crippen molar-refractivity contribution in [3.05, 3.63) is 71.8 Å². The molecule has 1 aliphatic heterocycles. The molecule has 0 unspecified atom stereocenters. The lowest BCUT2D eigenvalue weighted by Gasteiger charge is -2.23. The van der Waals surface area contributed by atoms with E-state index in [1.165, 1.54) is 5.01 Å². The van der Waals surface area contributed by atoms with Gasteiger partial charge in [0.05, 0.1) is 6.04 Å². The van der Waals surface area contributed by atoms with E-state index < -0.39 is 0 Å². The lowest BCUT2D eigenvalue weighted by atomic mass is 9.98. The molecule has 0 aromatic heterocycles. The molecule has 2 aromatic rings. The van der Waals surface area contributed by atoms with Crippen molar-refractivity contribution < 1.29 is 9.59 Å². The summed E-state index contributed by atoms with van der Waals surface area (Å²) in [6.07, 6.45) is 1.39. The fraction of sp³-hybridized carbons (Fsp3) is 0.250. The number of amides is 2. The predicted molar refractivity (Wildman–Crippen MR) is 96.9 cm³/mol. The number of carbonyl (C=O) groups excluding carboxylic acids is 2. The largest absolute Gasteiger partial charge is 0.344 e. The molecule has 0 bridgehead atoms. The fourth-order valence-corrected chi connectivity index (χ4v) is 2.86. The second-order valence-electron chi connectivity index (χ2n) is 6.09. The zero-order chi connectivity index (χ0) is 17.6. The number of carbonyl (C=O) groups is 2. The van der Waals surface area contributed by atoms with Crippen LogP contribution in [0.3, 0.4) is 0 Å². The predicted octanol–water partition coefficient (Wildman–Crippen LogP) is 2.69. The Morgan fingerprint density at radius 2 is 1.72 bits per heavy atom. The van der Waals surface area contributed by atoms with Crippen LogP contribution in [-0.4, -0.2) is 29.6 Å². The molecule has 2 amide bonds. The van der Waals surface area contributed by atoms with Crippen LogP contribution in [0, 0.1) is 0 Å². The van der Waals surface area contributed by atoms with Crippen molar-refractivity contribution in [3.8, 4) is 0 Å². The van der Waals surface area contributed by atoms with Crippen LogP contribution in [0.1, 0.15) is 30.0 Å². The first-order valence-electron chi connectivity index (χ1n) is 8.37. The molecule has 1 atom stereocenters. The smallest absolute Gasteiger partial charge is 0.267 e. The molecule has 0 saturated heterocycles. The molecule has 0 aliphatic carbocycles. The van der Waals surface area contributed by atoms with Crippen LogP contribution in [0.2, 0.25) is 0 Å². The minimum Gasteiger partial charge on any atom is -0.344 e. The zero-order valence-corrected chi connectivity index (χ0v) is 14.2. The van der Waals surface area contributed by atoms with Crippen LogP contribution in [0.4, 0.5) is 0 Å². The number of nitrogens with one attached hydrogen (secondary N) is 1. The fourth-order valence-electron chi connectivity index (χ4n) is 2.86. The van der Waals surface area contributed by atoms with Crippen molar-refractivity contribution in [1.29, 1.82) is 0 Å². The average molecular weight is 335 g/mol. The molecule has 0 spiro atoms. The Hall–Kier alpha value is -2.95. The average Bonchev–Trinajstić information content (AvgIpc) is 2.65. The SMILES string of the molecule is CN1N=C(C(=O)N[C@H](Cc2ccccc2)c2ccccc2)CCC1=O. The van der Waals surface area contributed by atoms with Crippen molar-refractivity contribution in [3.63, 3.8) is 0 Å². The maximum atomic E-state index is 12.6. The van der Waals surface area contributed by atoms with Gasteiger partial charge in [-0.15, -0.1) is 0 Å². The summed E-state index contributed by atoms with van der Waals surface area (Å²) in [5, 5.41) is 8.43. The van der Waals surface area contributed by atoms with Gasteiger partial charge >= 0.3 is 0 Å². The quantitative estimate of drug-likeness (QED) is 0.913. The maximum Gasteiger partial charge on any atom is 0.267 e. The zero-order valence-electron chi connectivity index (χ0n) is 14.2.